The molecule has 4 amide bonds. The Balaban J connectivity index is 1.62. The molecule has 2 rings (SSSR count). The van der Waals surface area contributed by atoms with Gasteiger partial charge in [-0.1, -0.05) is 37.1 Å². The first-order chi connectivity index (χ1) is 18.1. The first-order valence-corrected chi connectivity index (χ1v) is 14.8. The van der Waals surface area contributed by atoms with E-state index in [1.165, 1.54) is 38.5 Å². The van der Waals surface area contributed by atoms with E-state index in [0.29, 0.717) is 36.8 Å². The molecule has 0 fully saturated rings. The molecule has 0 aromatic heterocycles. The van der Waals surface area contributed by atoms with Gasteiger partial charge in [0.1, 0.15) is 0 Å². The Hall–Kier alpha value is -3.20. The lowest BCUT2D eigenvalue weighted by Gasteiger charge is -2.10. The van der Waals surface area contributed by atoms with Gasteiger partial charge in [-0.25, -0.2) is 35.9 Å². The van der Waals surface area contributed by atoms with Crippen LogP contribution in [0, 0.1) is 0 Å². The summed E-state index contributed by atoms with van der Waals surface area (Å²) in [7, 11) is -5.02. The maximum Gasteiger partial charge on any atom is 0.328 e. The lowest BCUT2D eigenvalue weighted by atomic mass is 10.2. The average molecular weight is 571 g/mol. The smallest absolute Gasteiger partial charge is 0.328 e. The second-order valence-corrected chi connectivity index (χ2v) is 11.7. The quantitative estimate of drug-likeness (QED) is 0.236. The van der Waals surface area contributed by atoms with E-state index in [1.54, 1.807) is 24.3 Å². The third kappa shape index (κ3) is 10.7. The molecule has 0 heterocycles. The molecular formula is C24H34N4O8S2. The lowest BCUT2D eigenvalue weighted by molar-refractivity contribution is 0.184. The molecule has 12 nitrogen and oxygen atoms in total. The van der Waals surface area contributed by atoms with Crippen molar-refractivity contribution in [2.75, 3.05) is 27.3 Å². The molecule has 0 saturated carbocycles. The Morgan fingerprint density at radius 3 is 1.42 bits per heavy atom. The van der Waals surface area contributed by atoms with Gasteiger partial charge >= 0.3 is 12.1 Å². The summed E-state index contributed by atoms with van der Waals surface area (Å²) in [6.45, 7) is 1.02. The van der Waals surface area contributed by atoms with Gasteiger partial charge in [-0.15, -0.1) is 0 Å². The van der Waals surface area contributed by atoms with Gasteiger partial charge in [0, 0.05) is 27.3 Å². The topological polar surface area (TPSA) is 169 Å². The van der Waals surface area contributed by atoms with Gasteiger partial charge in [0.25, 0.3) is 20.0 Å². The molecule has 0 atom stereocenters. The van der Waals surface area contributed by atoms with Crippen LogP contribution < -0.4 is 20.1 Å². The Kier molecular flexibility index (Phi) is 12.5. The number of benzene rings is 2. The predicted molar refractivity (Wildman–Crippen MR) is 140 cm³/mol. The molecule has 2 aromatic carbocycles. The number of hydrogen-bond acceptors (Lipinski definition) is 8. The van der Waals surface area contributed by atoms with E-state index in [-0.39, 0.29) is 36.1 Å². The number of amides is 4. The van der Waals surface area contributed by atoms with Crippen LogP contribution in [0.1, 0.15) is 36.8 Å². The number of nitrogens with one attached hydrogen (secondary N) is 4. The van der Waals surface area contributed by atoms with Crippen molar-refractivity contribution in [1.82, 2.24) is 20.1 Å². The Morgan fingerprint density at radius 2 is 1.05 bits per heavy atom. The summed E-state index contributed by atoms with van der Waals surface area (Å²) in [5.41, 5.74) is 1.33. The van der Waals surface area contributed by atoms with E-state index in [2.05, 4.69) is 10.6 Å². The van der Waals surface area contributed by atoms with Crippen LogP contribution in [0.15, 0.2) is 58.3 Å². The lowest BCUT2D eigenvalue weighted by Crippen LogP contribution is -2.40. The van der Waals surface area contributed by atoms with Crippen LogP contribution in [0.4, 0.5) is 9.59 Å². The fourth-order valence-corrected chi connectivity index (χ4v) is 5.38. The van der Waals surface area contributed by atoms with Crippen molar-refractivity contribution in [3.63, 3.8) is 0 Å². The summed E-state index contributed by atoms with van der Waals surface area (Å²) in [5, 5.41) is 5.00. The van der Waals surface area contributed by atoms with Crippen molar-refractivity contribution >= 4 is 32.1 Å². The minimum atomic E-state index is -4.01. The Labute approximate surface area is 223 Å². The van der Waals surface area contributed by atoms with Crippen LogP contribution in [0.5, 0.6) is 0 Å². The molecule has 0 aliphatic carbocycles. The summed E-state index contributed by atoms with van der Waals surface area (Å²) in [5.74, 6) is 0. The summed E-state index contributed by atoms with van der Waals surface area (Å²) < 4.78 is 63.4. The van der Waals surface area contributed by atoms with E-state index >= 15 is 0 Å². The van der Waals surface area contributed by atoms with E-state index < -0.39 is 32.1 Å². The van der Waals surface area contributed by atoms with E-state index in [1.807, 2.05) is 9.44 Å². The molecule has 4 N–H and O–H groups in total. The van der Waals surface area contributed by atoms with Crippen molar-refractivity contribution in [2.24, 2.45) is 0 Å². The summed E-state index contributed by atoms with van der Waals surface area (Å²) in [6.07, 6.45) is 2.60. The molecule has 0 unspecified atom stereocenters. The Bertz CT molecular complexity index is 1180. The average Bonchev–Trinajstić information content (AvgIpc) is 2.86. The van der Waals surface area contributed by atoms with Crippen molar-refractivity contribution in [3.8, 4) is 0 Å². The van der Waals surface area contributed by atoms with Crippen molar-refractivity contribution in [1.29, 1.82) is 0 Å². The zero-order valence-electron chi connectivity index (χ0n) is 21.4. The molecule has 2 aromatic rings. The van der Waals surface area contributed by atoms with Gasteiger partial charge < -0.3 is 20.1 Å². The van der Waals surface area contributed by atoms with Crippen LogP contribution in [0.25, 0.3) is 0 Å². The highest BCUT2D eigenvalue weighted by Crippen LogP contribution is 2.13. The van der Waals surface area contributed by atoms with Gasteiger partial charge in [0.2, 0.25) is 0 Å². The number of urea groups is 2. The van der Waals surface area contributed by atoms with E-state index in [9.17, 15) is 26.4 Å². The van der Waals surface area contributed by atoms with E-state index in [0.717, 1.165) is 0 Å². The molecule has 0 aliphatic heterocycles. The van der Waals surface area contributed by atoms with Crippen molar-refractivity contribution in [2.45, 2.75) is 48.7 Å². The molecule has 0 spiro atoms. The number of ether oxygens (including phenoxy) is 2. The van der Waals surface area contributed by atoms with Crippen molar-refractivity contribution < 1.29 is 35.9 Å². The predicted octanol–water partition coefficient (Wildman–Crippen LogP) is 2.22. The van der Waals surface area contributed by atoms with Gasteiger partial charge in [0.05, 0.1) is 23.0 Å². The third-order valence-corrected chi connectivity index (χ3v) is 7.83. The monoisotopic (exact) mass is 570 g/mol. The second-order valence-electron chi connectivity index (χ2n) is 8.30. The van der Waals surface area contributed by atoms with E-state index in [4.69, 9.17) is 9.47 Å². The second kappa shape index (κ2) is 15.3. The molecule has 0 bridgehead atoms. The molecule has 210 valence electrons. The highest BCUT2D eigenvalue weighted by Gasteiger charge is 2.18. The van der Waals surface area contributed by atoms with Crippen LogP contribution in [-0.4, -0.2) is 56.2 Å². The standard InChI is InChI=1S/C24H34N4O8S2/c1-35-17-19-9-7-11-21(15-19)37(31,32)27-23(29)25-13-5-3-4-6-14-26-24(30)28-38(33,34)22-12-8-10-20(16-22)18-36-2/h7-12,15-16H,3-6,13-14,17-18H2,1-2H3,(H2,25,27,29)(H2,26,28,30). The van der Waals surface area contributed by atoms with Crippen LogP contribution in [-0.2, 0) is 42.7 Å². The summed E-state index contributed by atoms with van der Waals surface area (Å²) in [4.78, 5) is 23.9. The number of carbonyl (C=O) groups is 2. The SMILES string of the molecule is COCc1cccc(S(=O)(=O)NC(=O)NCCCCCCNC(=O)NS(=O)(=O)c2cccc(COC)c2)c1. The maximum absolute atomic E-state index is 12.4. The van der Waals surface area contributed by atoms with Gasteiger partial charge in [-0.05, 0) is 48.2 Å². The molecule has 38 heavy (non-hydrogen) atoms. The zero-order chi connectivity index (χ0) is 28.0. The third-order valence-electron chi connectivity index (χ3n) is 5.17. The number of rotatable bonds is 15. The Morgan fingerprint density at radius 1 is 0.658 bits per heavy atom. The molecular weight excluding hydrogens is 536 g/mol. The highest BCUT2D eigenvalue weighted by atomic mass is 32.2. The van der Waals surface area contributed by atoms with Gasteiger partial charge in [-0.3, -0.25) is 0 Å². The number of sulfonamides is 2. The zero-order valence-corrected chi connectivity index (χ0v) is 23.0. The fourth-order valence-electron chi connectivity index (χ4n) is 3.38. The maximum atomic E-state index is 12.4. The number of carbonyl (C=O) groups excluding carboxylic acids is 2. The largest absolute Gasteiger partial charge is 0.380 e. The minimum Gasteiger partial charge on any atom is -0.380 e. The summed E-state index contributed by atoms with van der Waals surface area (Å²) >= 11 is 0. The molecule has 0 radical (unpaired) electrons. The fraction of sp³-hybridized carbons (Fsp3) is 0.417. The number of methoxy groups -OCH3 is 2. The highest BCUT2D eigenvalue weighted by molar-refractivity contribution is 7.90. The van der Waals surface area contributed by atoms with Gasteiger partial charge in [0.15, 0.2) is 0 Å². The van der Waals surface area contributed by atoms with Crippen LogP contribution in [0.2, 0.25) is 0 Å². The summed E-state index contributed by atoms with van der Waals surface area (Å²) in [6, 6.07) is 10.6. The molecule has 14 heteroatoms. The van der Waals surface area contributed by atoms with Gasteiger partial charge in [-0.2, -0.15) is 0 Å². The number of hydrogen-bond donors (Lipinski definition) is 4. The minimum absolute atomic E-state index is 0.0360. The van der Waals surface area contributed by atoms with Crippen LogP contribution in [0.3, 0.4) is 0 Å². The number of unbranched alkanes of at least 4 members (excludes halogenated alkanes) is 3. The normalized spacial score (nSPS) is 11.5. The van der Waals surface area contributed by atoms with Crippen molar-refractivity contribution in [3.05, 3.63) is 59.7 Å². The molecule has 0 aliphatic rings. The molecule has 0 saturated heterocycles. The first-order valence-electron chi connectivity index (χ1n) is 11.8. The first kappa shape index (κ1) is 31.0. The van der Waals surface area contributed by atoms with Crippen LogP contribution >= 0.6 is 0 Å².